The smallest absolute Gasteiger partial charge is 0.269 e. The van der Waals surface area contributed by atoms with Gasteiger partial charge in [-0.05, 0) is 42.3 Å². The number of nitro groups is 1. The quantitative estimate of drug-likeness (QED) is 0.465. The van der Waals surface area contributed by atoms with Crippen LogP contribution < -0.4 is 4.74 Å². The second-order valence-corrected chi connectivity index (χ2v) is 4.18. The summed E-state index contributed by atoms with van der Waals surface area (Å²) in [5, 5.41) is 10.6. The minimum absolute atomic E-state index is 0.100. The standard InChI is InChI=1S/C16H15NO3/c1-2-20-16-11-7-14(8-12-16)4-3-13-5-9-15(10-6-13)17(18)19/h3-12H,2H2,1H3. The molecule has 0 aliphatic heterocycles. The molecule has 2 aromatic carbocycles. The van der Waals surface area contributed by atoms with Crippen LogP contribution in [0, 0.1) is 10.1 Å². The second kappa shape index (κ2) is 6.52. The lowest BCUT2D eigenvalue weighted by molar-refractivity contribution is -0.384. The van der Waals surface area contributed by atoms with E-state index in [-0.39, 0.29) is 5.69 Å². The minimum atomic E-state index is -0.403. The van der Waals surface area contributed by atoms with Gasteiger partial charge >= 0.3 is 0 Å². The van der Waals surface area contributed by atoms with Crippen molar-refractivity contribution in [2.45, 2.75) is 6.92 Å². The monoisotopic (exact) mass is 269 g/mol. The molecule has 0 aliphatic rings. The van der Waals surface area contributed by atoms with Gasteiger partial charge in [0.05, 0.1) is 11.5 Å². The van der Waals surface area contributed by atoms with Gasteiger partial charge in [0.25, 0.3) is 5.69 Å². The van der Waals surface area contributed by atoms with Crippen LogP contribution in [0.2, 0.25) is 0 Å². The van der Waals surface area contributed by atoms with Gasteiger partial charge in [-0.3, -0.25) is 10.1 Å². The lowest BCUT2D eigenvalue weighted by Crippen LogP contribution is -1.90. The molecule has 4 heteroatoms. The summed E-state index contributed by atoms with van der Waals surface area (Å²) in [5.41, 5.74) is 2.07. The molecule has 0 spiro atoms. The summed E-state index contributed by atoms with van der Waals surface area (Å²) in [6, 6.07) is 14.2. The normalized spacial score (nSPS) is 10.7. The molecule has 20 heavy (non-hydrogen) atoms. The highest BCUT2D eigenvalue weighted by Crippen LogP contribution is 2.16. The van der Waals surface area contributed by atoms with Crippen LogP contribution in [-0.4, -0.2) is 11.5 Å². The Morgan fingerprint density at radius 1 is 1.00 bits per heavy atom. The van der Waals surface area contributed by atoms with Crippen LogP contribution in [0.4, 0.5) is 5.69 Å². The van der Waals surface area contributed by atoms with E-state index in [2.05, 4.69) is 0 Å². The molecule has 0 heterocycles. The number of hydrogen-bond acceptors (Lipinski definition) is 3. The number of nitrogens with zero attached hydrogens (tertiary/aromatic N) is 1. The first-order valence-electron chi connectivity index (χ1n) is 6.34. The topological polar surface area (TPSA) is 52.4 Å². The van der Waals surface area contributed by atoms with Gasteiger partial charge in [-0.25, -0.2) is 0 Å². The molecule has 0 saturated carbocycles. The van der Waals surface area contributed by atoms with Crippen molar-refractivity contribution in [3.8, 4) is 5.75 Å². The van der Waals surface area contributed by atoms with Crippen molar-refractivity contribution in [1.82, 2.24) is 0 Å². The zero-order valence-corrected chi connectivity index (χ0v) is 11.2. The Labute approximate surface area is 117 Å². The Morgan fingerprint density at radius 2 is 1.50 bits per heavy atom. The van der Waals surface area contributed by atoms with Gasteiger partial charge in [0.15, 0.2) is 0 Å². The first-order valence-corrected chi connectivity index (χ1v) is 6.34. The molecular formula is C16H15NO3. The highest BCUT2D eigenvalue weighted by molar-refractivity contribution is 5.70. The number of rotatable bonds is 5. The van der Waals surface area contributed by atoms with Gasteiger partial charge < -0.3 is 4.74 Å². The average Bonchev–Trinajstić information content (AvgIpc) is 2.47. The zero-order chi connectivity index (χ0) is 14.4. The van der Waals surface area contributed by atoms with E-state index in [0.717, 1.165) is 16.9 Å². The summed E-state index contributed by atoms with van der Waals surface area (Å²) in [6.07, 6.45) is 3.87. The third kappa shape index (κ3) is 3.68. The Morgan fingerprint density at radius 3 is 1.95 bits per heavy atom. The maximum atomic E-state index is 10.6. The van der Waals surface area contributed by atoms with Crippen LogP contribution >= 0.6 is 0 Å². The SMILES string of the molecule is CCOc1ccc(C=Cc2ccc([N+](=O)[O-])cc2)cc1. The summed E-state index contributed by atoms with van der Waals surface area (Å²) in [5.74, 6) is 0.847. The minimum Gasteiger partial charge on any atom is -0.494 e. The van der Waals surface area contributed by atoms with Crippen molar-refractivity contribution in [3.05, 3.63) is 69.8 Å². The molecule has 0 bridgehead atoms. The summed E-state index contributed by atoms with van der Waals surface area (Å²) in [6.45, 7) is 2.60. The molecule has 0 N–H and O–H groups in total. The predicted molar refractivity (Wildman–Crippen MR) is 79.6 cm³/mol. The average molecular weight is 269 g/mol. The van der Waals surface area contributed by atoms with Gasteiger partial charge in [-0.1, -0.05) is 24.3 Å². The molecule has 0 amide bonds. The summed E-state index contributed by atoms with van der Waals surface area (Å²) >= 11 is 0. The number of non-ortho nitro benzene ring substituents is 1. The van der Waals surface area contributed by atoms with Gasteiger partial charge in [-0.15, -0.1) is 0 Å². The molecule has 0 atom stereocenters. The fraction of sp³-hybridized carbons (Fsp3) is 0.125. The van der Waals surface area contributed by atoms with E-state index in [0.29, 0.717) is 6.61 Å². The first-order chi connectivity index (χ1) is 9.69. The van der Waals surface area contributed by atoms with Gasteiger partial charge in [-0.2, -0.15) is 0 Å². The van der Waals surface area contributed by atoms with Crippen LogP contribution in [-0.2, 0) is 0 Å². The van der Waals surface area contributed by atoms with Crippen LogP contribution in [0.15, 0.2) is 48.5 Å². The van der Waals surface area contributed by atoms with Crippen molar-refractivity contribution in [3.63, 3.8) is 0 Å². The summed E-state index contributed by atoms with van der Waals surface area (Å²) in [4.78, 5) is 10.1. The van der Waals surface area contributed by atoms with E-state index in [1.165, 1.54) is 12.1 Å². The fourth-order valence-corrected chi connectivity index (χ4v) is 1.74. The van der Waals surface area contributed by atoms with Crippen molar-refractivity contribution < 1.29 is 9.66 Å². The largest absolute Gasteiger partial charge is 0.494 e. The van der Waals surface area contributed by atoms with Crippen molar-refractivity contribution in [2.24, 2.45) is 0 Å². The van der Waals surface area contributed by atoms with Crippen molar-refractivity contribution in [1.29, 1.82) is 0 Å². The van der Waals surface area contributed by atoms with E-state index in [9.17, 15) is 10.1 Å². The Hall–Kier alpha value is -2.62. The first kappa shape index (κ1) is 13.8. The fourth-order valence-electron chi connectivity index (χ4n) is 1.74. The van der Waals surface area contributed by atoms with E-state index in [4.69, 9.17) is 4.74 Å². The summed E-state index contributed by atoms with van der Waals surface area (Å²) in [7, 11) is 0. The van der Waals surface area contributed by atoms with Gasteiger partial charge in [0.2, 0.25) is 0 Å². The highest BCUT2D eigenvalue weighted by Gasteiger charge is 2.02. The van der Waals surface area contributed by atoms with Crippen LogP contribution in [0.1, 0.15) is 18.1 Å². The number of ether oxygens (including phenoxy) is 1. The number of benzene rings is 2. The highest BCUT2D eigenvalue weighted by atomic mass is 16.6. The maximum Gasteiger partial charge on any atom is 0.269 e. The molecular weight excluding hydrogens is 254 g/mol. The third-order valence-electron chi connectivity index (χ3n) is 2.76. The lowest BCUT2D eigenvalue weighted by atomic mass is 10.1. The van der Waals surface area contributed by atoms with E-state index >= 15 is 0 Å². The van der Waals surface area contributed by atoms with Gasteiger partial charge in [0, 0.05) is 12.1 Å². The predicted octanol–water partition coefficient (Wildman–Crippen LogP) is 4.16. The Kier molecular flexibility index (Phi) is 4.50. The molecule has 2 aromatic rings. The Bertz CT molecular complexity index is 601. The van der Waals surface area contributed by atoms with E-state index < -0.39 is 4.92 Å². The van der Waals surface area contributed by atoms with Crippen molar-refractivity contribution in [2.75, 3.05) is 6.61 Å². The molecule has 2 rings (SSSR count). The van der Waals surface area contributed by atoms with Gasteiger partial charge in [0.1, 0.15) is 5.75 Å². The van der Waals surface area contributed by atoms with Crippen LogP contribution in [0.5, 0.6) is 5.75 Å². The molecule has 0 fully saturated rings. The second-order valence-electron chi connectivity index (χ2n) is 4.18. The molecule has 0 radical (unpaired) electrons. The molecule has 0 aromatic heterocycles. The number of nitro benzene ring substituents is 1. The van der Waals surface area contributed by atoms with Crippen LogP contribution in [0.25, 0.3) is 12.2 Å². The maximum absolute atomic E-state index is 10.6. The third-order valence-corrected chi connectivity index (χ3v) is 2.76. The molecule has 0 unspecified atom stereocenters. The molecule has 0 aliphatic carbocycles. The summed E-state index contributed by atoms with van der Waals surface area (Å²) < 4.78 is 5.37. The zero-order valence-electron chi connectivity index (χ0n) is 11.2. The molecule has 0 saturated heterocycles. The molecule has 4 nitrogen and oxygen atoms in total. The lowest BCUT2D eigenvalue weighted by Gasteiger charge is -2.02. The Balaban J connectivity index is 2.06. The molecule has 102 valence electrons. The van der Waals surface area contributed by atoms with E-state index in [1.54, 1.807) is 12.1 Å². The van der Waals surface area contributed by atoms with Crippen LogP contribution in [0.3, 0.4) is 0 Å². The number of hydrogen-bond donors (Lipinski definition) is 0. The van der Waals surface area contributed by atoms with Crippen molar-refractivity contribution >= 4 is 17.8 Å². The van der Waals surface area contributed by atoms with E-state index in [1.807, 2.05) is 43.3 Å².